The van der Waals surface area contributed by atoms with Crippen molar-refractivity contribution in [3.8, 4) is 22.4 Å². The van der Waals surface area contributed by atoms with E-state index in [2.05, 4.69) is 9.97 Å². The third kappa shape index (κ3) is 2.58. The fourth-order valence-electron chi connectivity index (χ4n) is 2.19. The van der Waals surface area contributed by atoms with Gasteiger partial charge < -0.3 is 10.3 Å². The van der Waals surface area contributed by atoms with Gasteiger partial charge in [0.2, 0.25) is 11.5 Å². The molecule has 0 aliphatic rings. The number of nitrogens with two attached hydrogens (primary N) is 1. The molecule has 0 radical (unpaired) electrons. The summed E-state index contributed by atoms with van der Waals surface area (Å²) in [6.45, 7) is 0. The van der Waals surface area contributed by atoms with Crippen LogP contribution in [0.3, 0.4) is 0 Å². The van der Waals surface area contributed by atoms with Gasteiger partial charge in [0, 0.05) is 42.2 Å². The second kappa shape index (κ2) is 5.40. The minimum Gasteiger partial charge on any atom is -0.368 e. The van der Waals surface area contributed by atoms with Crippen LogP contribution in [0.2, 0.25) is 0 Å². The zero-order valence-electron chi connectivity index (χ0n) is 11.8. The number of hydrogen-bond donors (Lipinski definition) is 1. The molecule has 2 aromatic heterocycles. The first-order valence-corrected chi connectivity index (χ1v) is 6.60. The molecule has 0 spiro atoms. The van der Waals surface area contributed by atoms with Gasteiger partial charge in [-0.15, -0.1) is 0 Å². The molecule has 0 unspecified atom stereocenters. The van der Waals surface area contributed by atoms with Crippen molar-refractivity contribution >= 4 is 5.95 Å². The number of aryl methyl sites for hydroxylation is 1. The van der Waals surface area contributed by atoms with Crippen LogP contribution < -0.4 is 11.3 Å². The lowest BCUT2D eigenvalue weighted by Gasteiger charge is -2.10. The first-order valence-electron chi connectivity index (χ1n) is 6.60. The first kappa shape index (κ1) is 13.9. The first-order chi connectivity index (χ1) is 10.5. The predicted octanol–water partition coefficient (Wildman–Crippen LogP) is 2.23. The number of hydrogen-bond acceptors (Lipinski definition) is 4. The molecule has 0 bridgehead atoms. The van der Waals surface area contributed by atoms with Crippen molar-refractivity contribution in [1.82, 2.24) is 14.5 Å². The Kier molecular flexibility index (Phi) is 3.42. The standard InChI is InChI=1S/C16H13FN4O/c1-21-9-11(4-7-14(21)22)13-8-19-16(18)20-15(13)10-2-5-12(17)6-3-10/h2-9H,1H3,(H2,18,19,20). The molecule has 110 valence electrons. The summed E-state index contributed by atoms with van der Waals surface area (Å²) in [6.07, 6.45) is 3.30. The summed E-state index contributed by atoms with van der Waals surface area (Å²) in [5, 5.41) is 0. The largest absolute Gasteiger partial charge is 0.368 e. The lowest BCUT2D eigenvalue weighted by Crippen LogP contribution is -2.14. The highest BCUT2D eigenvalue weighted by Crippen LogP contribution is 2.29. The van der Waals surface area contributed by atoms with E-state index in [1.807, 2.05) is 0 Å². The number of pyridine rings is 1. The Morgan fingerprint density at radius 2 is 1.77 bits per heavy atom. The molecule has 0 amide bonds. The highest BCUT2D eigenvalue weighted by Gasteiger charge is 2.11. The lowest BCUT2D eigenvalue weighted by molar-refractivity contribution is 0.628. The average molecular weight is 296 g/mol. The zero-order chi connectivity index (χ0) is 15.7. The van der Waals surface area contributed by atoms with E-state index in [4.69, 9.17) is 5.73 Å². The van der Waals surface area contributed by atoms with Gasteiger partial charge in [0.1, 0.15) is 5.82 Å². The SMILES string of the molecule is Cn1cc(-c2cnc(N)nc2-c2ccc(F)cc2)ccc1=O. The maximum atomic E-state index is 13.1. The van der Waals surface area contributed by atoms with Gasteiger partial charge in [-0.2, -0.15) is 0 Å². The zero-order valence-corrected chi connectivity index (χ0v) is 11.8. The van der Waals surface area contributed by atoms with Gasteiger partial charge in [0.25, 0.3) is 0 Å². The Bertz CT molecular complexity index is 887. The number of benzene rings is 1. The number of anilines is 1. The molecule has 0 saturated heterocycles. The van der Waals surface area contributed by atoms with E-state index in [0.717, 1.165) is 16.7 Å². The van der Waals surface area contributed by atoms with Crippen LogP contribution in [0.4, 0.5) is 10.3 Å². The third-order valence-corrected chi connectivity index (χ3v) is 3.32. The lowest BCUT2D eigenvalue weighted by atomic mass is 10.0. The molecule has 0 aliphatic carbocycles. The number of aromatic nitrogens is 3. The molecule has 0 fully saturated rings. The molecule has 2 heterocycles. The minimum absolute atomic E-state index is 0.108. The molecular weight excluding hydrogens is 283 g/mol. The number of rotatable bonds is 2. The van der Waals surface area contributed by atoms with Crippen LogP contribution in [-0.2, 0) is 7.05 Å². The van der Waals surface area contributed by atoms with Crippen molar-refractivity contribution < 1.29 is 4.39 Å². The number of halogens is 1. The van der Waals surface area contributed by atoms with E-state index < -0.39 is 0 Å². The molecule has 22 heavy (non-hydrogen) atoms. The second-order valence-corrected chi connectivity index (χ2v) is 4.86. The Balaban J connectivity index is 2.21. The topological polar surface area (TPSA) is 73.8 Å². The quantitative estimate of drug-likeness (QED) is 0.787. The van der Waals surface area contributed by atoms with Crippen LogP contribution in [0.25, 0.3) is 22.4 Å². The van der Waals surface area contributed by atoms with Gasteiger partial charge in [-0.05, 0) is 30.3 Å². The normalized spacial score (nSPS) is 10.6. The molecule has 1 aromatic carbocycles. The predicted molar refractivity (Wildman–Crippen MR) is 82.5 cm³/mol. The molecule has 0 atom stereocenters. The minimum atomic E-state index is -0.325. The summed E-state index contributed by atoms with van der Waals surface area (Å²) in [4.78, 5) is 19.8. The van der Waals surface area contributed by atoms with Crippen molar-refractivity contribution in [2.24, 2.45) is 7.05 Å². The van der Waals surface area contributed by atoms with Crippen LogP contribution in [-0.4, -0.2) is 14.5 Å². The maximum Gasteiger partial charge on any atom is 0.250 e. The molecular formula is C16H13FN4O. The van der Waals surface area contributed by atoms with Crippen molar-refractivity contribution in [2.75, 3.05) is 5.73 Å². The Labute approximate surface area is 125 Å². The van der Waals surface area contributed by atoms with Crippen LogP contribution >= 0.6 is 0 Å². The van der Waals surface area contributed by atoms with Gasteiger partial charge in [0.15, 0.2) is 0 Å². The summed E-state index contributed by atoms with van der Waals surface area (Å²) in [7, 11) is 1.67. The van der Waals surface area contributed by atoms with Crippen molar-refractivity contribution in [2.45, 2.75) is 0 Å². The third-order valence-electron chi connectivity index (χ3n) is 3.32. The highest BCUT2D eigenvalue weighted by molar-refractivity contribution is 5.80. The second-order valence-electron chi connectivity index (χ2n) is 4.86. The van der Waals surface area contributed by atoms with E-state index in [-0.39, 0.29) is 17.3 Å². The van der Waals surface area contributed by atoms with Gasteiger partial charge in [0.05, 0.1) is 5.69 Å². The molecule has 5 nitrogen and oxygen atoms in total. The molecule has 0 saturated carbocycles. The maximum absolute atomic E-state index is 13.1. The van der Waals surface area contributed by atoms with Gasteiger partial charge >= 0.3 is 0 Å². The van der Waals surface area contributed by atoms with E-state index in [1.54, 1.807) is 37.6 Å². The number of nitrogens with zero attached hydrogens (tertiary/aromatic N) is 3. The van der Waals surface area contributed by atoms with Crippen LogP contribution in [0.15, 0.2) is 53.6 Å². The summed E-state index contributed by atoms with van der Waals surface area (Å²) in [5.74, 6) is -0.192. The van der Waals surface area contributed by atoms with E-state index in [0.29, 0.717) is 5.69 Å². The van der Waals surface area contributed by atoms with Crippen molar-refractivity contribution in [3.63, 3.8) is 0 Å². The fourth-order valence-corrected chi connectivity index (χ4v) is 2.19. The van der Waals surface area contributed by atoms with Crippen LogP contribution in [0, 0.1) is 5.82 Å². The van der Waals surface area contributed by atoms with E-state index in [1.165, 1.54) is 22.8 Å². The van der Waals surface area contributed by atoms with Crippen LogP contribution in [0.5, 0.6) is 0 Å². The average Bonchev–Trinajstić information content (AvgIpc) is 2.51. The van der Waals surface area contributed by atoms with Gasteiger partial charge in [-0.1, -0.05) is 0 Å². The Morgan fingerprint density at radius 1 is 1.09 bits per heavy atom. The Hall–Kier alpha value is -3.02. The fraction of sp³-hybridized carbons (Fsp3) is 0.0625. The summed E-state index contributed by atoms with van der Waals surface area (Å²) in [5.41, 5.74) is 8.38. The van der Waals surface area contributed by atoms with Gasteiger partial charge in [-0.25, -0.2) is 14.4 Å². The van der Waals surface area contributed by atoms with E-state index in [9.17, 15) is 9.18 Å². The number of nitrogen functional groups attached to an aromatic ring is 1. The van der Waals surface area contributed by atoms with Crippen molar-refractivity contribution in [1.29, 1.82) is 0 Å². The smallest absolute Gasteiger partial charge is 0.250 e. The molecule has 0 aliphatic heterocycles. The summed E-state index contributed by atoms with van der Waals surface area (Å²) < 4.78 is 14.6. The molecule has 3 rings (SSSR count). The molecule has 6 heteroatoms. The van der Waals surface area contributed by atoms with Crippen LogP contribution in [0.1, 0.15) is 0 Å². The monoisotopic (exact) mass is 296 g/mol. The summed E-state index contributed by atoms with van der Waals surface area (Å²) in [6, 6.07) is 9.14. The summed E-state index contributed by atoms with van der Waals surface area (Å²) >= 11 is 0. The highest BCUT2D eigenvalue weighted by atomic mass is 19.1. The van der Waals surface area contributed by atoms with Gasteiger partial charge in [-0.3, -0.25) is 4.79 Å². The van der Waals surface area contributed by atoms with E-state index >= 15 is 0 Å². The van der Waals surface area contributed by atoms with Crippen molar-refractivity contribution in [3.05, 3.63) is 65.0 Å². The molecule has 2 N–H and O–H groups in total. The Morgan fingerprint density at radius 3 is 2.45 bits per heavy atom. The molecule has 3 aromatic rings.